The average Bonchev–Trinajstić information content (AvgIpc) is 2.29. The molecule has 0 bridgehead atoms. The topological polar surface area (TPSA) is 70.7 Å². The molecule has 0 spiro atoms. The van der Waals surface area contributed by atoms with Gasteiger partial charge in [0.1, 0.15) is 6.61 Å². The van der Waals surface area contributed by atoms with Gasteiger partial charge in [-0.1, -0.05) is 0 Å². The van der Waals surface area contributed by atoms with Crippen LogP contribution in [-0.4, -0.2) is 62.7 Å². The molecule has 17 heavy (non-hydrogen) atoms. The molecule has 0 aromatic heterocycles. The van der Waals surface area contributed by atoms with Crippen LogP contribution in [0.15, 0.2) is 0 Å². The molecule has 1 aliphatic heterocycles. The second kappa shape index (κ2) is 5.97. The number of hydrogen-bond donors (Lipinski definition) is 2. The maximum atomic E-state index is 11.7. The van der Waals surface area contributed by atoms with Gasteiger partial charge in [-0.15, -0.1) is 0 Å². The summed E-state index contributed by atoms with van der Waals surface area (Å²) in [5.74, 6) is -0.164. The third-order valence-electron chi connectivity index (χ3n) is 2.92. The Bertz CT molecular complexity index is 290. The predicted octanol–water partition coefficient (Wildman–Crippen LogP) is -1.04. The number of carbonyl (C=O) groups excluding carboxylic acids is 2. The molecule has 1 rings (SSSR count). The van der Waals surface area contributed by atoms with E-state index in [9.17, 15) is 9.59 Å². The van der Waals surface area contributed by atoms with Crippen molar-refractivity contribution in [2.24, 2.45) is 0 Å². The van der Waals surface area contributed by atoms with Crippen molar-refractivity contribution in [3.63, 3.8) is 0 Å². The molecule has 98 valence electrons. The van der Waals surface area contributed by atoms with E-state index in [0.29, 0.717) is 13.0 Å². The fraction of sp³-hybridized carbons (Fsp3) is 0.818. The second-order valence-electron chi connectivity index (χ2n) is 4.58. The van der Waals surface area contributed by atoms with Gasteiger partial charge in [-0.25, -0.2) is 0 Å². The van der Waals surface area contributed by atoms with Gasteiger partial charge in [0.15, 0.2) is 0 Å². The second-order valence-corrected chi connectivity index (χ2v) is 4.58. The average molecular weight is 243 g/mol. The van der Waals surface area contributed by atoms with E-state index >= 15 is 0 Å². The Morgan fingerprint density at radius 1 is 1.47 bits per heavy atom. The Morgan fingerprint density at radius 2 is 2.12 bits per heavy atom. The molecule has 0 aliphatic carbocycles. The van der Waals surface area contributed by atoms with Crippen LogP contribution in [0, 0.1) is 0 Å². The van der Waals surface area contributed by atoms with Crippen molar-refractivity contribution in [2.45, 2.75) is 18.9 Å². The zero-order chi connectivity index (χ0) is 12.9. The lowest BCUT2D eigenvalue weighted by Crippen LogP contribution is -2.59. The summed E-state index contributed by atoms with van der Waals surface area (Å²) in [6.07, 6.45) is 0.317. The van der Waals surface area contributed by atoms with Crippen LogP contribution in [0.25, 0.3) is 0 Å². The molecule has 0 aromatic rings. The van der Waals surface area contributed by atoms with Gasteiger partial charge < -0.3 is 20.3 Å². The van der Waals surface area contributed by atoms with Crippen LogP contribution < -0.4 is 10.6 Å². The normalized spacial score (nSPS) is 17.1. The summed E-state index contributed by atoms with van der Waals surface area (Å²) in [6.45, 7) is 4.02. The van der Waals surface area contributed by atoms with E-state index < -0.39 is 0 Å². The Hall–Kier alpha value is -1.14. The van der Waals surface area contributed by atoms with Crippen LogP contribution in [0.2, 0.25) is 0 Å². The van der Waals surface area contributed by atoms with Gasteiger partial charge in [0.05, 0.1) is 5.60 Å². The van der Waals surface area contributed by atoms with Crippen molar-refractivity contribution in [2.75, 3.05) is 40.3 Å². The fourth-order valence-electron chi connectivity index (χ4n) is 1.44. The van der Waals surface area contributed by atoms with Gasteiger partial charge in [0.2, 0.25) is 11.8 Å². The number of hydrogen-bond acceptors (Lipinski definition) is 4. The molecule has 2 amide bonds. The first-order valence-electron chi connectivity index (χ1n) is 5.76. The minimum Gasteiger partial charge on any atom is -0.363 e. The Morgan fingerprint density at radius 3 is 2.59 bits per heavy atom. The van der Waals surface area contributed by atoms with Crippen LogP contribution >= 0.6 is 0 Å². The van der Waals surface area contributed by atoms with E-state index in [2.05, 4.69) is 10.6 Å². The van der Waals surface area contributed by atoms with Gasteiger partial charge in [-0.3, -0.25) is 9.59 Å². The minimum atomic E-state index is -0.211. The van der Waals surface area contributed by atoms with Gasteiger partial charge in [-0.05, 0) is 6.92 Å². The number of rotatable bonds is 6. The third-order valence-corrected chi connectivity index (χ3v) is 2.92. The maximum absolute atomic E-state index is 11.7. The Balaban J connectivity index is 2.20. The molecular weight excluding hydrogens is 222 g/mol. The van der Waals surface area contributed by atoms with Crippen molar-refractivity contribution in [3.8, 4) is 0 Å². The first kappa shape index (κ1) is 13.9. The number of likely N-dealkylation sites (N-methyl/N-ethyl adjacent to an activating group) is 1. The predicted molar refractivity (Wildman–Crippen MR) is 63.5 cm³/mol. The van der Waals surface area contributed by atoms with Crippen molar-refractivity contribution >= 4 is 11.8 Å². The Labute approximate surface area is 102 Å². The van der Waals surface area contributed by atoms with Crippen LogP contribution in [0.3, 0.4) is 0 Å². The lowest BCUT2D eigenvalue weighted by Gasteiger charge is -2.39. The molecule has 1 heterocycles. The smallest absolute Gasteiger partial charge is 0.248 e. The molecule has 1 saturated heterocycles. The van der Waals surface area contributed by atoms with Crippen molar-refractivity contribution in [1.82, 2.24) is 15.5 Å². The molecule has 0 radical (unpaired) electrons. The minimum absolute atomic E-state index is 0.0688. The quantitative estimate of drug-likeness (QED) is 0.625. The molecule has 2 N–H and O–H groups in total. The van der Waals surface area contributed by atoms with E-state index in [1.54, 1.807) is 14.1 Å². The highest BCUT2D eigenvalue weighted by Gasteiger charge is 2.33. The number of nitrogens with one attached hydrogen (secondary N) is 2. The van der Waals surface area contributed by atoms with E-state index in [-0.39, 0.29) is 24.0 Å². The summed E-state index contributed by atoms with van der Waals surface area (Å²) in [7, 11) is 3.26. The van der Waals surface area contributed by atoms with Crippen LogP contribution in [-0.2, 0) is 14.3 Å². The molecule has 6 nitrogen and oxygen atoms in total. The van der Waals surface area contributed by atoms with Gasteiger partial charge in [-0.2, -0.15) is 0 Å². The Kier molecular flexibility index (Phi) is 4.89. The summed E-state index contributed by atoms with van der Waals surface area (Å²) < 4.78 is 5.53. The van der Waals surface area contributed by atoms with Gasteiger partial charge in [0, 0.05) is 40.2 Å². The third kappa shape index (κ3) is 4.32. The van der Waals surface area contributed by atoms with Crippen LogP contribution in [0.4, 0.5) is 0 Å². The lowest BCUT2D eigenvalue weighted by atomic mass is 10.0. The highest BCUT2D eigenvalue weighted by Crippen LogP contribution is 2.14. The number of nitrogens with zero attached hydrogens (tertiary/aromatic N) is 1. The van der Waals surface area contributed by atoms with E-state index in [1.165, 1.54) is 4.90 Å². The fourth-order valence-corrected chi connectivity index (χ4v) is 1.44. The molecule has 1 fully saturated rings. The maximum Gasteiger partial charge on any atom is 0.248 e. The van der Waals surface area contributed by atoms with Crippen LogP contribution in [0.1, 0.15) is 13.3 Å². The van der Waals surface area contributed by atoms with Crippen molar-refractivity contribution < 1.29 is 14.3 Å². The molecule has 0 unspecified atom stereocenters. The van der Waals surface area contributed by atoms with Gasteiger partial charge >= 0.3 is 0 Å². The highest BCUT2D eigenvalue weighted by atomic mass is 16.5. The first-order chi connectivity index (χ1) is 7.97. The number of amides is 2. The largest absolute Gasteiger partial charge is 0.363 e. The summed E-state index contributed by atoms with van der Waals surface area (Å²) in [5, 5.41) is 5.62. The molecule has 6 heteroatoms. The monoisotopic (exact) mass is 243 g/mol. The lowest BCUT2D eigenvalue weighted by molar-refractivity contribution is -0.144. The molecule has 0 atom stereocenters. The van der Waals surface area contributed by atoms with Crippen LogP contribution in [0.5, 0.6) is 0 Å². The number of carbonyl (C=O) groups is 2. The van der Waals surface area contributed by atoms with Gasteiger partial charge in [0.25, 0.3) is 0 Å². The summed E-state index contributed by atoms with van der Waals surface area (Å²) in [5.41, 5.74) is -0.211. The zero-order valence-corrected chi connectivity index (χ0v) is 10.7. The molecule has 0 saturated carbocycles. The van der Waals surface area contributed by atoms with Crippen molar-refractivity contribution in [3.05, 3.63) is 0 Å². The standard InChI is InChI=1S/C11H21N3O3/c1-11(7-13-8-11)17-6-10(16)14(3)5-4-9(15)12-2/h13H,4-8H2,1-3H3,(H,12,15). The van der Waals surface area contributed by atoms with E-state index in [4.69, 9.17) is 4.74 Å². The summed E-state index contributed by atoms with van der Waals surface area (Å²) in [6, 6.07) is 0. The summed E-state index contributed by atoms with van der Waals surface area (Å²) in [4.78, 5) is 24.2. The molecule has 1 aliphatic rings. The highest BCUT2D eigenvalue weighted by molar-refractivity contribution is 5.79. The van der Waals surface area contributed by atoms with E-state index in [0.717, 1.165) is 13.1 Å². The molecule has 0 aromatic carbocycles. The van der Waals surface area contributed by atoms with E-state index in [1.807, 2.05) is 6.92 Å². The molecular formula is C11H21N3O3. The van der Waals surface area contributed by atoms with Crippen molar-refractivity contribution in [1.29, 1.82) is 0 Å². The number of ether oxygens (including phenoxy) is 1. The summed E-state index contributed by atoms with van der Waals surface area (Å²) >= 11 is 0. The first-order valence-corrected chi connectivity index (χ1v) is 5.76. The SMILES string of the molecule is CNC(=O)CCN(C)C(=O)COC1(C)CNC1. The zero-order valence-electron chi connectivity index (χ0n) is 10.7.